The molecule has 0 spiro atoms. The highest BCUT2D eigenvalue weighted by Gasteiger charge is 2.11. The fourth-order valence-electron chi connectivity index (χ4n) is 1.30. The first-order valence-corrected chi connectivity index (χ1v) is 6.72. The third kappa shape index (κ3) is 3.27. The van der Waals surface area contributed by atoms with E-state index in [2.05, 4.69) is 47.1 Å². The Morgan fingerprint density at radius 2 is 2.16 bits per heavy atom. The first-order chi connectivity index (χ1) is 8.97. The lowest BCUT2D eigenvalue weighted by Gasteiger charge is -2.06. The van der Waals surface area contributed by atoms with Crippen LogP contribution in [-0.4, -0.2) is 20.4 Å². The second-order valence-electron chi connectivity index (χ2n) is 3.65. The Morgan fingerprint density at radius 1 is 1.42 bits per heavy atom. The van der Waals surface area contributed by atoms with Crippen LogP contribution in [0.15, 0.2) is 38.5 Å². The smallest absolute Gasteiger partial charge is 0.257 e. The number of amides is 1. The van der Waals surface area contributed by atoms with Gasteiger partial charge in [-0.25, -0.2) is 9.97 Å². The predicted octanol–water partition coefficient (Wildman–Crippen LogP) is 1.95. The average molecular weight is 388 g/mol. The molecule has 0 aliphatic rings. The molecule has 0 aliphatic carbocycles. The lowest BCUT2D eigenvalue weighted by atomic mass is 10.2. The minimum Gasteiger partial charge on any atom is -0.319 e. The third-order valence-electron chi connectivity index (χ3n) is 2.30. The van der Waals surface area contributed by atoms with Crippen LogP contribution in [-0.2, 0) is 7.05 Å². The molecule has 2 aromatic rings. The third-order valence-corrected chi connectivity index (χ3v) is 3.23. The topological polar surface area (TPSA) is 76.9 Å². The van der Waals surface area contributed by atoms with E-state index < -0.39 is 5.91 Å². The number of anilines is 1. The van der Waals surface area contributed by atoms with Crippen molar-refractivity contribution >= 4 is 43.6 Å². The number of halogens is 2. The molecular formula is C11H8Br2N4O2. The van der Waals surface area contributed by atoms with Gasteiger partial charge in [0, 0.05) is 24.9 Å². The van der Waals surface area contributed by atoms with E-state index in [-0.39, 0.29) is 16.9 Å². The maximum Gasteiger partial charge on any atom is 0.257 e. The number of pyridine rings is 1. The summed E-state index contributed by atoms with van der Waals surface area (Å²) in [6.07, 6.45) is 2.99. The second-order valence-corrected chi connectivity index (χ2v) is 5.21. The number of hydrogen-bond acceptors (Lipinski definition) is 4. The van der Waals surface area contributed by atoms with Crippen LogP contribution in [0.2, 0.25) is 0 Å². The van der Waals surface area contributed by atoms with E-state index in [1.807, 2.05) is 0 Å². The lowest BCUT2D eigenvalue weighted by Crippen LogP contribution is -2.20. The molecule has 0 bridgehead atoms. The van der Waals surface area contributed by atoms with Crippen molar-refractivity contribution in [1.82, 2.24) is 14.5 Å². The molecule has 0 radical (unpaired) electrons. The van der Waals surface area contributed by atoms with E-state index in [9.17, 15) is 9.59 Å². The number of aromatic nitrogens is 3. The fourth-order valence-corrected chi connectivity index (χ4v) is 2.21. The molecule has 1 N–H and O–H groups in total. The predicted molar refractivity (Wildman–Crippen MR) is 77.1 cm³/mol. The van der Waals surface area contributed by atoms with Gasteiger partial charge in [-0.15, -0.1) is 0 Å². The molecule has 2 heterocycles. The number of hydrogen-bond donors (Lipinski definition) is 1. The molecular weight excluding hydrogens is 380 g/mol. The summed E-state index contributed by atoms with van der Waals surface area (Å²) < 4.78 is 2.33. The highest BCUT2D eigenvalue weighted by Crippen LogP contribution is 2.19. The van der Waals surface area contributed by atoms with Gasteiger partial charge in [0.25, 0.3) is 11.5 Å². The maximum absolute atomic E-state index is 12.0. The van der Waals surface area contributed by atoms with Crippen molar-refractivity contribution in [1.29, 1.82) is 0 Å². The van der Waals surface area contributed by atoms with Crippen LogP contribution in [0.5, 0.6) is 0 Å². The zero-order valence-electron chi connectivity index (χ0n) is 9.72. The average Bonchev–Trinajstić information content (AvgIpc) is 2.36. The highest BCUT2D eigenvalue weighted by molar-refractivity contribution is 9.11. The minimum absolute atomic E-state index is 0.256. The van der Waals surface area contributed by atoms with Crippen molar-refractivity contribution in [3.63, 3.8) is 0 Å². The molecule has 6 nitrogen and oxygen atoms in total. The molecule has 0 aliphatic heterocycles. The molecule has 2 rings (SSSR count). The van der Waals surface area contributed by atoms with Crippen molar-refractivity contribution in [3.05, 3.63) is 49.7 Å². The summed E-state index contributed by atoms with van der Waals surface area (Å²) in [7, 11) is 1.61. The van der Waals surface area contributed by atoms with Gasteiger partial charge in [0.2, 0.25) is 0 Å². The number of nitrogens with zero attached hydrogens (tertiary/aromatic N) is 3. The normalized spacial score (nSPS) is 10.3. The molecule has 0 unspecified atom stereocenters. The zero-order chi connectivity index (χ0) is 14.0. The summed E-state index contributed by atoms with van der Waals surface area (Å²) in [4.78, 5) is 31.5. The van der Waals surface area contributed by atoms with Gasteiger partial charge in [-0.1, -0.05) is 0 Å². The van der Waals surface area contributed by atoms with E-state index in [1.54, 1.807) is 13.1 Å². The van der Waals surface area contributed by atoms with Crippen LogP contribution in [0.25, 0.3) is 0 Å². The maximum atomic E-state index is 12.0. The Kier molecular flexibility index (Phi) is 4.11. The Balaban J connectivity index is 2.25. The van der Waals surface area contributed by atoms with Gasteiger partial charge in [0.05, 0.1) is 6.20 Å². The molecule has 0 atom stereocenters. The Morgan fingerprint density at radius 3 is 2.79 bits per heavy atom. The van der Waals surface area contributed by atoms with E-state index in [1.165, 1.54) is 23.0 Å². The standard InChI is InChI=1S/C11H8Br2N4O2/c1-17-3-2-6(4-8(17)18)11(19)16-10-9(13)15-7(12)5-14-10/h2-5H,1H3,(H,14,16,19). The second kappa shape index (κ2) is 5.62. The fraction of sp³-hybridized carbons (Fsp3) is 0.0909. The number of nitrogens with one attached hydrogen (secondary N) is 1. The molecule has 98 valence electrons. The lowest BCUT2D eigenvalue weighted by molar-refractivity contribution is 0.102. The highest BCUT2D eigenvalue weighted by atomic mass is 79.9. The first-order valence-electron chi connectivity index (χ1n) is 5.13. The molecule has 2 aromatic heterocycles. The molecule has 19 heavy (non-hydrogen) atoms. The van der Waals surface area contributed by atoms with Gasteiger partial charge < -0.3 is 9.88 Å². The van der Waals surface area contributed by atoms with Crippen LogP contribution in [0.1, 0.15) is 10.4 Å². The molecule has 8 heteroatoms. The van der Waals surface area contributed by atoms with Gasteiger partial charge in [-0.05, 0) is 37.9 Å². The van der Waals surface area contributed by atoms with E-state index in [4.69, 9.17) is 0 Å². The van der Waals surface area contributed by atoms with Crippen LogP contribution in [0, 0.1) is 0 Å². The molecule has 0 saturated heterocycles. The Bertz CT molecular complexity index is 699. The summed E-state index contributed by atoms with van der Waals surface area (Å²) in [5.41, 5.74) is 0.00771. The SMILES string of the molecule is Cn1ccc(C(=O)Nc2ncc(Br)nc2Br)cc1=O. The van der Waals surface area contributed by atoms with Gasteiger partial charge in [-0.3, -0.25) is 9.59 Å². The van der Waals surface area contributed by atoms with Crippen molar-refractivity contribution in [2.24, 2.45) is 7.05 Å². The summed E-state index contributed by atoms with van der Waals surface area (Å²) in [6, 6.07) is 2.81. The monoisotopic (exact) mass is 386 g/mol. The Labute approximate surface area is 125 Å². The van der Waals surface area contributed by atoms with Crippen molar-refractivity contribution in [2.45, 2.75) is 0 Å². The summed E-state index contributed by atoms with van der Waals surface area (Å²) in [5, 5.41) is 2.57. The summed E-state index contributed by atoms with van der Waals surface area (Å²) >= 11 is 6.35. The number of aryl methyl sites for hydroxylation is 1. The molecule has 0 saturated carbocycles. The van der Waals surface area contributed by atoms with Crippen LogP contribution in [0.4, 0.5) is 5.82 Å². The van der Waals surface area contributed by atoms with Gasteiger partial charge in [0.1, 0.15) is 9.21 Å². The van der Waals surface area contributed by atoms with Crippen molar-refractivity contribution in [2.75, 3.05) is 5.32 Å². The number of carbonyl (C=O) groups is 1. The largest absolute Gasteiger partial charge is 0.319 e. The Hall–Kier alpha value is -1.54. The van der Waals surface area contributed by atoms with Crippen LogP contribution in [0.3, 0.4) is 0 Å². The van der Waals surface area contributed by atoms with Crippen molar-refractivity contribution in [3.8, 4) is 0 Å². The van der Waals surface area contributed by atoms with Crippen LogP contribution >= 0.6 is 31.9 Å². The number of carbonyl (C=O) groups excluding carboxylic acids is 1. The van der Waals surface area contributed by atoms with Gasteiger partial charge in [0.15, 0.2) is 5.82 Å². The number of rotatable bonds is 2. The molecule has 0 fully saturated rings. The van der Waals surface area contributed by atoms with Gasteiger partial charge >= 0.3 is 0 Å². The van der Waals surface area contributed by atoms with Crippen molar-refractivity contribution < 1.29 is 4.79 Å². The quantitative estimate of drug-likeness (QED) is 0.854. The summed E-state index contributed by atoms with van der Waals surface area (Å²) in [6.45, 7) is 0. The van der Waals surface area contributed by atoms with E-state index in [0.29, 0.717) is 9.21 Å². The first kappa shape index (κ1) is 13.9. The van der Waals surface area contributed by atoms with E-state index >= 15 is 0 Å². The minimum atomic E-state index is -0.421. The summed E-state index contributed by atoms with van der Waals surface area (Å²) in [5.74, 6) is -0.135. The molecule has 1 amide bonds. The van der Waals surface area contributed by atoms with Crippen LogP contribution < -0.4 is 10.9 Å². The molecule has 0 aromatic carbocycles. The zero-order valence-corrected chi connectivity index (χ0v) is 12.9. The van der Waals surface area contributed by atoms with Gasteiger partial charge in [-0.2, -0.15) is 0 Å². The van der Waals surface area contributed by atoms with E-state index in [0.717, 1.165) is 0 Å².